The van der Waals surface area contributed by atoms with Crippen LogP contribution in [0.3, 0.4) is 0 Å². The molecule has 0 bridgehead atoms. The van der Waals surface area contributed by atoms with Crippen molar-refractivity contribution in [3.63, 3.8) is 0 Å². The summed E-state index contributed by atoms with van der Waals surface area (Å²) in [6.07, 6.45) is 0.0720. The molecule has 0 spiro atoms. The number of pyridine rings is 1. The maximum atomic E-state index is 12.9. The Morgan fingerprint density at radius 2 is 2.04 bits per heavy atom. The summed E-state index contributed by atoms with van der Waals surface area (Å²) < 4.78 is 1.87. The number of rotatable bonds is 4. The number of hydrogen-bond acceptors (Lipinski definition) is 4. The van der Waals surface area contributed by atoms with Crippen LogP contribution in [0.15, 0.2) is 41.2 Å². The molecule has 1 aliphatic heterocycles. The van der Waals surface area contributed by atoms with Gasteiger partial charge in [0.15, 0.2) is 5.43 Å². The Hall–Kier alpha value is -2.93. The SMILES string of the molecule is Cc1cc(C[C@@H]2CN(C(=O)Cn3c(C)cc(=O)c4ccccc43)C[C@H]2O)n[nH]1. The number of hydrogen-bond donors (Lipinski definition) is 2. The number of aromatic nitrogens is 3. The minimum absolute atomic E-state index is 0.0292. The lowest BCUT2D eigenvalue weighted by Crippen LogP contribution is -2.33. The third kappa shape index (κ3) is 3.45. The van der Waals surface area contributed by atoms with Gasteiger partial charge in [-0.05, 0) is 38.5 Å². The number of aliphatic hydroxyl groups is 1. The third-order valence-corrected chi connectivity index (χ3v) is 5.51. The molecule has 2 atom stereocenters. The summed E-state index contributed by atoms with van der Waals surface area (Å²) in [6, 6.07) is 10.9. The molecule has 0 saturated carbocycles. The summed E-state index contributed by atoms with van der Waals surface area (Å²) in [5, 5.41) is 18.2. The van der Waals surface area contributed by atoms with E-state index in [1.807, 2.05) is 42.7 Å². The number of carbonyl (C=O) groups is 1. The maximum Gasteiger partial charge on any atom is 0.242 e. The van der Waals surface area contributed by atoms with E-state index in [9.17, 15) is 14.7 Å². The van der Waals surface area contributed by atoms with E-state index in [1.54, 1.807) is 17.0 Å². The number of nitrogens with one attached hydrogen (secondary N) is 1. The Kier molecular flexibility index (Phi) is 4.77. The fourth-order valence-electron chi connectivity index (χ4n) is 4.00. The van der Waals surface area contributed by atoms with Crippen molar-refractivity contribution in [3.05, 3.63) is 63.7 Å². The lowest BCUT2D eigenvalue weighted by Gasteiger charge is -2.20. The molecule has 1 aromatic carbocycles. The zero-order chi connectivity index (χ0) is 19.8. The number of carbonyl (C=O) groups excluding carboxylic acids is 1. The van der Waals surface area contributed by atoms with Crippen LogP contribution in [0.1, 0.15) is 17.1 Å². The summed E-state index contributed by atoms with van der Waals surface area (Å²) in [7, 11) is 0. The van der Waals surface area contributed by atoms with Crippen molar-refractivity contribution >= 4 is 16.8 Å². The lowest BCUT2D eigenvalue weighted by atomic mass is 10.0. The normalized spacial score (nSPS) is 19.5. The van der Waals surface area contributed by atoms with E-state index < -0.39 is 6.10 Å². The molecule has 1 amide bonds. The number of para-hydroxylation sites is 1. The summed E-state index contributed by atoms with van der Waals surface area (Å²) in [4.78, 5) is 26.9. The van der Waals surface area contributed by atoms with Crippen LogP contribution in [-0.4, -0.2) is 49.9 Å². The first-order valence-electron chi connectivity index (χ1n) is 9.48. The number of fused-ring (bicyclic) bond motifs is 1. The van der Waals surface area contributed by atoms with Gasteiger partial charge >= 0.3 is 0 Å². The zero-order valence-electron chi connectivity index (χ0n) is 16.1. The third-order valence-electron chi connectivity index (χ3n) is 5.51. The van der Waals surface area contributed by atoms with E-state index >= 15 is 0 Å². The van der Waals surface area contributed by atoms with E-state index in [4.69, 9.17) is 0 Å². The number of amides is 1. The molecule has 1 aliphatic rings. The molecule has 4 rings (SSSR count). The van der Waals surface area contributed by atoms with Gasteiger partial charge in [0.25, 0.3) is 0 Å². The van der Waals surface area contributed by atoms with Gasteiger partial charge in [0.05, 0.1) is 17.3 Å². The van der Waals surface area contributed by atoms with E-state index in [0.29, 0.717) is 24.9 Å². The highest BCUT2D eigenvalue weighted by atomic mass is 16.3. The fourth-order valence-corrected chi connectivity index (χ4v) is 4.00. The van der Waals surface area contributed by atoms with Crippen LogP contribution in [0.25, 0.3) is 10.9 Å². The zero-order valence-corrected chi connectivity index (χ0v) is 16.1. The van der Waals surface area contributed by atoms with Gasteiger partial charge in [-0.2, -0.15) is 5.10 Å². The average molecular weight is 380 g/mol. The fraction of sp³-hybridized carbons (Fsp3) is 0.381. The summed E-state index contributed by atoms with van der Waals surface area (Å²) in [5.41, 5.74) is 3.35. The Balaban J connectivity index is 1.52. The summed E-state index contributed by atoms with van der Waals surface area (Å²) in [5.74, 6) is -0.0878. The van der Waals surface area contributed by atoms with Gasteiger partial charge in [0, 0.05) is 41.8 Å². The molecule has 28 heavy (non-hydrogen) atoms. The van der Waals surface area contributed by atoms with Crippen LogP contribution in [0.2, 0.25) is 0 Å². The second kappa shape index (κ2) is 7.24. The van der Waals surface area contributed by atoms with Gasteiger partial charge in [-0.3, -0.25) is 14.7 Å². The smallest absolute Gasteiger partial charge is 0.242 e. The molecule has 3 heterocycles. The number of H-pyrrole nitrogens is 1. The van der Waals surface area contributed by atoms with E-state index in [1.165, 1.54) is 0 Å². The standard InChI is InChI=1S/C21H24N4O3/c1-13-7-16(23-22-13)9-15-10-24(11-20(15)27)21(28)12-25-14(2)8-19(26)17-5-3-4-6-18(17)25/h3-8,15,20,27H,9-12H2,1-2H3,(H,22,23)/t15-,20-/m1/s1. The van der Waals surface area contributed by atoms with Gasteiger partial charge in [-0.25, -0.2) is 0 Å². The Morgan fingerprint density at radius 3 is 2.79 bits per heavy atom. The predicted octanol–water partition coefficient (Wildman–Crippen LogP) is 1.40. The van der Waals surface area contributed by atoms with Gasteiger partial charge in [-0.1, -0.05) is 12.1 Å². The van der Waals surface area contributed by atoms with Crippen LogP contribution in [0.5, 0.6) is 0 Å². The van der Waals surface area contributed by atoms with Crippen LogP contribution in [0.4, 0.5) is 0 Å². The molecule has 146 valence electrons. The molecule has 2 N–H and O–H groups in total. The topological polar surface area (TPSA) is 91.2 Å². The first-order valence-corrected chi connectivity index (χ1v) is 9.48. The highest BCUT2D eigenvalue weighted by Crippen LogP contribution is 2.22. The molecule has 3 aromatic rings. The van der Waals surface area contributed by atoms with E-state index in [2.05, 4.69) is 10.2 Å². The summed E-state index contributed by atoms with van der Waals surface area (Å²) in [6.45, 7) is 4.75. The second-order valence-electron chi connectivity index (χ2n) is 7.63. The van der Waals surface area contributed by atoms with Gasteiger partial charge in [0.1, 0.15) is 6.54 Å². The number of aliphatic hydroxyl groups excluding tert-OH is 1. The highest BCUT2D eigenvalue weighted by Gasteiger charge is 2.34. The quantitative estimate of drug-likeness (QED) is 0.716. The van der Waals surface area contributed by atoms with Crippen LogP contribution >= 0.6 is 0 Å². The number of β-amino-alcohol motifs (C(OH)–C–C–N with tert-alkyl or cyclic N) is 1. The number of aryl methyl sites for hydroxylation is 2. The lowest BCUT2D eigenvalue weighted by molar-refractivity contribution is -0.131. The van der Waals surface area contributed by atoms with Crippen LogP contribution < -0.4 is 5.43 Å². The van der Waals surface area contributed by atoms with Crippen molar-refractivity contribution in [1.82, 2.24) is 19.7 Å². The molecule has 7 heteroatoms. The Morgan fingerprint density at radius 1 is 1.25 bits per heavy atom. The number of aromatic amines is 1. The van der Waals surface area contributed by atoms with Gasteiger partial charge < -0.3 is 14.6 Å². The van der Waals surface area contributed by atoms with Gasteiger partial charge in [-0.15, -0.1) is 0 Å². The monoisotopic (exact) mass is 380 g/mol. The minimum Gasteiger partial charge on any atom is -0.391 e. The number of likely N-dealkylation sites (tertiary alicyclic amines) is 1. The molecule has 1 saturated heterocycles. The number of benzene rings is 1. The van der Waals surface area contributed by atoms with Crippen molar-refractivity contribution in [1.29, 1.82) is 0 Å². The van der Waals surface area contributed by atoms with Crippen LogP contribution in [0, 0.1) is 19.8 Å². The van der Waals surface area contributed by atoms with Crippen molar-refractivity contribution in [2.24, 2.45) is 5.92 Å². The maximum absolute atomic E-state index is 12.9. The van der Waals surface area contributed by atoms with Crippen molar-refractivity contribution in [3.8, 4) is 0 Å². The minimum atomic E-state index is -0.562. The molecule has 0 unspecified atom stereocenters. The molecular weight excluding hydrogens is 356 g/mol. The average Bonchev–Trinajstić information content (AvgIpc) is 3.24. The second-order valence-corrected chi connectivity index (χ2v) is 7.63. The number of nitrogens with zero attached hydrogens (tertiary/aromatic N) is 3. The molecular formula is C21H24N4O3. The van der Waals surface area contributed by atoms with E-state index in [-0.39, 0.29) is 23.8 Å². The van der Waals surface area contributed by atoms with Crippen molar-refractivity contribution < 1.29 is 9.90 Å². The first kappa shape index (κ1) is 18.4. The highest BCUT2D eigenvalue weighted by molar-refractivity contribution is 5.82. The molecule has 1 fully saturated rings. The molecule has 0 radical (unpaired) electrons. The summed E-state index contributed by atoms with van der Waals surface area (Å²) >= 11 is 0. The Labute approximate surface area is 162 Å². The van der Waals surface area contributed by atoms with Crippen molar-refractivity contribution in [2.45, 2.75) is 32.9 Å². The molecule has 0 aliphatic carbocycles. The predicted molar refractivity (Wildman–Crippen MR) is 106 cm³/mol. The molecule has 2 aromatic heterocycles. The largest absolute Gasteiger partial charge is 0.391 e. The van der Waals surface area contributed by atoms with Gasteiger partial charge in [0.2, 0.25) is 5.91 Å². The van der Waals surface area contributed by atoms with Crippen LogP contribution in [-0.2, 0) is 17.8 Å². The van der Waals surface area contributed by atoms with E-state index in [0.717, 1.165) is 22.6 Å². The van der Waals surface area contributed by atoms with Crippen molar-refractivity contribution in [2.75, 3.05) is 13.1 Å². The Bertz CT molecular complexity index is 1080. The molecule has 7 nitrogen and oxygen atoms in total. The first-order chi connectivity index (χ1) is 13.4.